The number of carbonyl (C=O) groups is 1. The second kappa shape index (κ2) is 7.22. The highest BCUT2D eigenvalue weighted by Crippen LogP contribution is 2.31. The van der Waals surface area contributed by atoms with Crippen LogP contribution in [0.4, 0.5) is 18.9 Å². The molecular weight excluding hydrogens is 363 g/mol. The summed E-state index contributed by atoms with van der Waals surface area (Å²) in [6.45, 7) is 0.179. The van der Waals surface area contributed by atoms with Crippen LogP contribution < -0.4 is 14.8 Å². The number of methoxy groups -OCH3 is 1. The van der Waals surface area contributed by atoms with Crippen molar-refractivity contribution in [2.75, 3.05) is 19.0 Å². The van der Waals surface area contributed by atoms with Crippen LogP contribution in [0.5, 0.6) is 11.5 Å². The average molecular weight is 379 g/mol. The summed E-state index contributed by atoms with van der Waals surface area (Å²) >= 11 is 0. The standard InChI is InChI=1S/C19H16F3NO4/c1-11-17(13-9-12(25-2)7-8-15(13)27-11)18(24)23-14-5-3-4-6-16(14)26-10-19(20,21)22/h3-9H,10H2,1-2H3,(H,23,24). The SMILES string of the molecule is COc1ccc2oc(C)c(C(=O)Nc3ccccc3OCC(F)(F)F)c2c1. The molecule has 0 saturated carbocycles. The van der Waals surface area contributed by atoms with E-state index in [1.165, 1.54) is 25.3 Å². The van der Waals surface area contributed by atoms with Crippen LogP contribution in [-0.4, -0.2) is 25.8 Å². The van der Waals surface area contributed by atoms with Gasteiger partial charge < -0.3 is 19.2 Å². The Bertz CT molecular complexity index is 979. The number of alkyl halides is 3. The Morgan fingerprint density at radius 1 is 1.19 bits per heavy atom. The first kappa shape index (κ1) is 18.6. The molecule has 1 aromatic heterocycles. The van der Waals surface area contributed by atoms with E-state index in [0.29, 0.717) is 22.5 Å². The molecule has 1 N–H and O–H groups in total. The number of anilines is 1. The fraction of sp³-hybridized carbons (Fsp3) is 0.211. The van der Waals surface area contributed by atoms with Crippen LogP contribution in [0.25, 0.3) is 11.0 Å². The Morgan fingerprint density at radius 2 is 1.93 bits per heavy atom. The Labute approximate surface area is 152 Å². The molecule has 0 aliphatic heterocycles. The molecule has 2 aromatic carbocycles. The van der Waals surface area contributed by atoms with Crippen molar-refractivity contribution in [1.29, 1.82) is 0 Å². The van der Waals surface area contributed by atoms with Crippen molar-refractivity contribution in [2.45, 2.75) is 13.1 Å². The minimum atomic E-state index is -4.48. The smallest absolute Gasteiger partial charge is 0.422 e. The molecule has 0 atom stereocenters. The van der Waals surface area contributed by atoms with Crippen molar-refractivity contribution in [3.63, 3.8) is 0 Å². The molecule has 0 saturated heterocycles. The van der Waals surface area contributed by atoms with Gasteiger partial charge in [0.1, 0.15) is 22.8 Å². The normalized spacial score (nSPS) is 11.4. The Hall–Kier alpha value is -3.16. The van der Waals surface area contributed by atoms with Gasteiger partial charge in [-0.2, -0.15) is 13.2 Å². The average Bonchev–Trinajstić information content (AvgIpc) is 2.95. The quantitative estimate of drug-likeness (QED) is 0.682. The minimum absolute atomic E-state index is 0.0776. The van der Waals surface area contributed by atoms with Crippen LogP contribution in [0, 0.1) is 6.92 Å². The third kappa shape index (κ3) is 4.16. The van der Waals surface area contributed by atoms with Crippen LogP contribution in [-0.2, 0) is 0 Å². The number of para-hydroxylation sites is 2. The number of hydrogen-bond acceptors (Lipinski definition) is 4. The molecule has 8 heteroatoms. The van der Waals surface area contributed by atoms with Crippen molar-refractivity contribution >= 4 is 22.6 Å². The fourth-order valence-electron chi connectivity index (χ4n) is 2.65. The van der Waals surface area contributed by atoms with Crippen molar-refractivity contribution < 1.29 is 31.9 Å². The number of rotatable bonds is 5. The molecule has 0 aliphatic rings. The van der Waals surface area contributed by atoms with Gasteiger partial charge in [-0.3, -0.25) is 4.79 Å². The van der Waals surface area contributed by atoms with E-state index in [1.807, 2.05) is 0 Å². The highest BCUT2D eigenvalue weighted by Gasteiger charge is 2.29. The maximum atomic E-state index is 12.8. The van der Waals surface area contributed by atoms with Gasteiger partial charge in [0.15, 0.2) is 6.61 Å². The Balaban J connectivity index is 1.90. The maximum Gasteiger partial charge on any atom is 0.422 e. The molecule has 0 radical (unpaired) electrons. The fourth-order valence-corrected chi connectivity index (χ4v) is 2.65. The summed E-state index contributed by atoms with van der Waals surface area (Å²) in [6, 6.07) is 11.0. The van der Waals surface area contributed by atoms with Gasteiger partial charge in [-0.15, -0.1) is 0 Å². The highest BCUT2D eigenvalue weighted by molar-refractivity contribution is 6.13. The van der Waals surface area contributed by atoms with Crippen molar-refractivity contribution in [3.05, 3.63) is 53.8 Å². The van der Waals surface area contributed by atoms with Crippen LogP contribution in [0.15, 0.2) is 46.9 Å². The first-order valence-corrected chi connectivity index (χ1v) is 7.95. The zero-order valence-electron chi connectivity index (χ0n) is 14.5. The number of fused-ring (bicyclic) bond motifs is 1. The second-order valence-corrected chi connectivity index (χ2v) is 5.75. The van der Waals surface area contributed by atoms with E-state index in [1.54, 1.807) is 31.2 Å². The van der Waals surface area contributed by atoms with E-state index in [9.17, 15) is 18.0 Å². The molecule has 0 spiro atoms. The van der Waals surface area contributed by atoms with Gasteiger partial charge >= 0.3 is 6.18 Å². The molecule has 0 aliphatic carbocycles. The summed E-state index contributed by atoms with van der Waals surface area (Å²) in [5, 5.41) is 3.13. The predicted octanol–water partition coefficient (Wildman–Crippen LogP) is 4.94. The zero-order chi connectivity index (χ0) is 19.6. The van der Waals surface area contributed by atoms with Gasteiger partial charge in [0, 0.05) is 5.39 Å². The number of aryl methyl sites for hydroxylation is 1. The number of carbonyl (C=O) groups excluding carboxylic acids is 1. The van der Waals surface area contributed by atoms with Crippen LogP contribution in [0.2, 0.25) is 0 Å². The molecule has 0 bridgehead atoms. The Kier molecular flexibility index (Phi) is 4.98. The zero-order valence-corrected chi connectivity index (χ0v) is 14.5. The molecule has 27 heavy (non-hydrogen) atoms. The summed E-state index contributed by atoms with van der Waals surface area (Å²) in [5.74, 6) is 0.324. The second-order valence-electron chi connectivity index (χ2n) is 5.75. The van der Waals surface area contributed by atoms with E-state index in [4.69, 9.17) is 13.9 Å². The summed E-state index contributed by atoms with van der Waals surface area (Å²) in [7, 11) is 1.50. The molecule has 0 unspecified atom stereocenters. The molecule has 3 rings (SSSR count). The summed E-state index contributed by atoms with van der Waals surface area (Å²) in [6.07, 6.45) is -4.48. The molecule has 5 nitrogen and oxygen atoms in total. The lowest BCUT2D eigenvalue weighted by molar-refractivity contribution is -0.153. The van der Waals surface area contributed by atoms with E-state index in [-0.39, 0.29) is 17.0 Å². The highest BCUT2D eigenvalue weighted by atomic mass is 19.4. The summed E-state index contributed by atoms with van der Waals surface area (Å²) in [4.78, 5) is 12.8. The number of ether oxygens (including phenoxy) is 2. The number of hydrogen-bond donors (Lipinski definition) is 1. The predicted molar refractivity (Wildman–Crippen MR) is 93.4 cm³/mol. The van der Waals surface area contributed by atoms with Gasteiger partial charge in [0.25, 0.3) is 5.91 Å². The van der Waals surface area contributed by atoms with Gasteiger partial charge in [-0.1, -0.05) is 12.1 Å². The molecule has 1 amide bonds. The molecular formula is C19H16F3NO4. The van der Waals surface area contributed by atoms with Crippen LogP contribution >= 0.6 is 0 Å². The first-order valence-electron chi connectivity index (χ1n) is 7.95. The molecule has 3 aromatic rings. The summed E-state index contributed by atoms with van der Waals surface area (Å²) < 4.78 is 52.8. The van der Waals surface area contributed by atoms with Crippen molar-refractivity contribution in [1.82, 2.24) is 0 Å². The van der Waals surface area contributed by atoms with Crippen LogP contribution in [0.3, 0.4) is 0 Å². The van der Waals surface area contributed by atoms with Gasteiger partial charge in [-0.05, 0) is 37.3 Å². The van der Waals surface area contributed by atoms with E-state index < -0.39 is 18.7 Å². The monoisotopic (exact) mass is 379 g/mol. The third-order valence-corrected chi connectivity index (χ3v) is 3.82. The van der Waals surface area contributed by atoms with E-state index in [0.717, 1.165) is 0 Å². The van der Waals surface area contributed by atoms with E-state index >= 15 is 0 Å². The third-order valence-electron chi connectivity index (χ3n) is 3.82. The van der Waals surface area contributed by atoms with Crippen molar-refractivity contribution in [3.8, 4) is 11.5 Å². The van der Waals surface area contributed by atoms with E-state index in [2.05, 4.69) is 5.32 Å². The Morgan fingerprint density at radius 3 is 2.63 bits per heavy atom. The molecule has 142 valence electrons. The minimum Gasteiger partial charge on any atom is -0.497 e. The lowest BCUT2D eigenvalue weighted by Gasteiger charge is -2.13. The summed E-state index contributed by atoms with van der Waals surface area (Å²) in [5.41, 5.74) is 0.901. The van der Waals surface area contributed by atoms with Crippen molar-refractivity contribution in [2.24, 2.45) is 0 Å². The lowest BCUT2D eigenvalue weighted by atomic mass is 10.1. The number of amides is 1. The topological polar surface area (TPSA) is 60.7 Å². The maximum absolute atomic E-state index is 12.8. The molecule has 1 heterocycles. The lowest BCUT2D eigenvalue weighted by Crippen LogP contribution is -2.20. The number of furan rings is 1. The first-order chi connectivity index (χ1) is 12.8. The van der Waals surface area contributed by atoms with Gasteiger partial charge in [0.2, 0.25) is 0 Å². The number of benzene rings is 2. The number of halogens is 3. The van der Waals surface area contributed by atoms with Gasteiger partial charge in [0.05, 0.1) is 18.4 Å². The largest absolute Gasteiger partial charge is 0.497 e. The molecule has 0 fully saturated rings. The van der Waals surface area contributed by atoms with Gasteiger partial charge in [-0.25, -0.2) is 0 Å². The van der Waals surface area contributed by atoms with Crippen LogP contribution in [0.1, 0.15) is 16.1 Å². The number of nitrogens with one attached hydrogen (secondary N) is 1.